The molecule has 136 valence electrons. The van der Waals surface area contributed by atoms with Crippen molar-refractivity contribution >= 4 is 17.6 Å². The number of rotatable bonds is 5. The average Bonchev–Trinajstić information content (AvgIpc) is 2.59. The van der Waals surface area contributed by atoms with E-state index in [2.05, 4.69) is 11.8 Å². The zero-order valence-electron chi connectivity index (χ0n) is 13.5. The molecule has 2 rings (SSSR count). The van der Waals surface area contributed by atoms with Gasteiger partial charge in [-0.2, -0.15) is 13.2 Å². The Morgan fingerprint density at radius 3 is 2.38 bits per heavy atom. The molecule has 2 unspecified atom stereocenters. The van der Waals surface area contributed by atoms with Crippen molar-refractivity contribution in [1.82, 2.24) is 0 Å². The van der Waals surface area contributed by atoms with E-state index >= 15 is 0 Å². The fourth-order valence-corrected chi connectivity index (χ4v) is 2.52. The van der Waals surface area contributed by atoms with Crippen LogP contribution in [0.2, 0.25) is 5.02 Å². The maximum absolute atomic E-state index is 13.1. The molecular weight excluding hydrogens is 369 g/mol. The van der Waals surface area contributed by atoms with Crippen molar-refractivity contribution in [3.63, 3.8) is 0 Å². The molecule has 0 aliphatic carbocycles. The van der Waals surface area contributed by atoms with Crippen LogP contribution in [0.4, 0.5) is 13.2 Å². The fraction of sp³-hybridized carbons (Fsp3) is 0.211. The number of hydrogen-bond donors (Lipinski definition) is 1. The SMILES string of the molecule is CC#CC(OC(c1ccccc1)c1cc(C(F)(F)F)ccc1Cl)C(=O)O. The molecular formula is C19H14ClF3O3. The maximum Gasteiger partial charge on any atom is 0.416 e. The van der Waals surface area contributed by atoms with E-state index in [1.54, 1.807) is 30.3 Å². The number of carboxylic acids is 1. The van der Waals surface area contributed by atoms with Crippen LogP contribution in [-0.2, 0) is 15.7 Å². The topological polar surface area (TPSA) is 46.5 Å². The lowest BCUT2D eigenvalue weighted by Gasteiger charge is -2.23. The van der Waals surface area contributed by atoms with Gasteiger partial charge in [0.05, 0.1) is 5.56 Å². The summed E-state index contributed by atoms with van der Waals surface area (Å²) in [7, 11) is 0. The molecule has 0 fully saturated rings. The van der Waals surface area contributed by atoms with E-state index in [0.717, 1.165) is 18.2 Å². The highest BCUT2D eigenvalue weighted by atomic mass is 35.5. The van der Waals surface area contributed by atoms with Crippen LogP contribution in [-0.4, -0.2) is 17.2 Å². The van der Waals surface area contributed by atoms with Gasteiger partial charge in [-0.25, -0.2) is 4.79 Å². The summed E-state index contributed by atoms with van der Waals surface area (Å²) in [6, 6.07) is 11.1. The molecule has 2 atom stereocenters. The molecule has 26 heavy (non-hydrogen) atoms. The van der Waals surface area contributed by atoms with Crippen molar-refractivity contribution in [2.75, 3.05) is 0 Å². The van der Waals surface area contributed by atoms with Crippen LogP contribution in [0.3, 0.4) is 0 Å². The fourth-order valence-electron chi connectivity index (χ4n) is 2.30. The summed E-state index contributed by atoms with van der Waals surface area (Å²) in [4.78, 5) is 11.4. The van der Waals surface area contributed by atoms with Gasteiger partial charge in [0.25, 0.3) is 0 Å². The summed E-state index contributed by atoms with van der Waals surface area (Å²) in [6.45, 7) is 1.44. The summed E-state index contributed by atoms with van der Waals surface area (Å²) in [5, 5.41) is 9.29. The molecule has 0 bridgehead atoms. The predicted molar refractivity (Wildman–Crippen MR) is 90.7 cm³/mol. The van der Waals surface area contributed by atoms with Crippen LogP contribution in [0.5, 0.6) is 0 Å². The van der Waals surface area contributed by atoms with Crippen LogP contribution in [0, 0.1) is 11.8 Å². The highest BCUT2D eigenvalue weighted by molar-refractivity contribution is 6.31. The lowest BCUT2D eigenvalue weighted by molar-refractivity contribution is -0.148. The number of benzene rings is 2. The van der Waals surface area contributed by atoms with Crippen molar-refractivity contribution in [2.24, 2.45) is 0 Å². The number of aliphatic carboxylic acids is 1. The standard InChI is InChI=1S/C19H14ClF3O3/c1-2-6-16(18(24)25)26-17(12-7-4-3-5-8-12)14-11-13(19(21,22)23)9-10-15(14)20/h3-5,7-11,16-17H,1H3,(H,24,25). The Morgan fingerprint density at radius 1 is 1.19 bits per heavy atom. The molecule has 3 nitrogen and oxygen atoms in total. The molecule has 7 heteroatoms. The third-order valence-electron chi connectivity index (χ3n) is 3.48. The molecule has 0 aliphatic rings. The van der Waals surface area contributed by atoms with Crippen LogP contribution >= 0.6 is 11.6 Å². The van der Waals surface area contributed by atoms with Gasteiger partial charge in [0, 0.05) is 10.6 Å². The number of alkyl halides is 3. The van der Waals surface area contributed by atoms with Crippen LogP contribution in [0.25, 0.3) is 0 Å². The molecule has 2 aromatic carbocycles. The molecule has 0 aromatic heterocycles. The first kappa shape index (κ1) is 19.8. The van der Waals surface area contributed by atoms with E-state index < -0.39 is 29.9 Å². The first-order valence-corrected chi connectivity index (χ1v) is 7.84. The van der Waals surface area contributed by atoms with E-state index in [1.807, 2.05) is 0 Å². The molecule has 0 amide bonds. The maximum atomic E-state index is 13.1. The Hall–Kier alpha value is -2.49. The summed E-state index contributed by atoms with van der Waals surface area (Å²) in [5.74, 6) is 3.47. The van der Waals surface area contributed by atoms with Crippen molar-refractivity contribution in [3.8, 4) is 11.8 Å². The van der Waals surface area contributed by atoms with Crippen LogP contribution in [0.1, 0.15) is 29.7 Å². The van der Waals surface area contributed by atoms with Crippen molar-refractivity contribution in [2.45, 2.75) is 25.3 Å². The second-order valence-corrected chi connectivity index (χ2v) is 5.68. The third kappa shape index (κ3) is 4.78. The van der Waals surface area contributed by atoms with E-state index in [4.69, 9.17) is 16.3 Å². The van der Waals surface area contributed by atoms with Crippen molar-refractivity contribution in [3.05, 3.63) is 70.2 Å². The van der Waals surface area contributed by atoms with Gasteiger partial charge in [0.15, 0.2) is 0 Å². The number of carboxylic acid groups (broad SMARTS) is 1. The summed E-state index contributed by atoms with van der Waals surface area (Å²) >= 11 is 6.10. The smallest absolute Gasteiger partial charge is 0.416 e. The Balaban J connectivity index is 2.57. The highest BCUT2D eigenvalue weighted by Gasteiger charge is 2.33. The van der Waals surface area contributed by atoms with Gasteiger partial charge in [0.1, 0.15) is 6.10 Å². The number of hydrogen-bond acceptors (Lipinski definition) is 2. The first-order chi connectivity index (χ1) is 12.2. The van der Waals surface area contributed by atoms with E-state index in [1.165, 1.54) is 6.92 Å². The Bertz CT molecular complexity index is 839. The Labute approximate surface area is 153 Å². The van der Waals surface area contributed by atoms with Crippen LogP contribution < -0.4 is 0 Å². The third-order valence-corrected chi connectivity index (χ3v) is 3.82. The minimum absolute atomic E-state index is 0.0110. The number of carbonyl (C=O) groups is 1. The number of halogens is 4. The minimum atomic E-state index is -4.57. The van der Waals surface area contributed by atoms with Gasteiger partial charge >= 0.3 is 12.1 Å². The van der Waals surface area contributed by atoms with Crippen molar-refractivity contribution < 1.29 is 27.8 Å². The van der Waals surface area contributed by atoms with Crippen LogP contribution in [0.15, 0.2) is 48.5 Å². The van der Waals surface area contributed by atoms with E-state index in [9.17, 15) is 23.1 Å². The van der Waals surface area contributed by atoms with Crippen molar-refractivity contribution in [1.29, 1.82) is 0 Å². The normalized spacial score (nSPS) is 13.4. The number of ether oxygens (including phenoxy) is 1. The molecule has 0 saturated heterocycles. The van der Waals surface area contributed by atoms with Gasteiger partial charge in [-0.05, 0) is 30.7 Å². The lowest BCUT2D eigenvalue weighted by Crippen LogP contribution is -2.25. The van der Waals surface area contributed by atoms with E-state index in [-0.39, 0.29) is 10.6 Å². The molecule has 0 spiro atoms. The Morgan fingerprint density at radius 2 is 1.85 bits per heavy atom. The zero-order chi connectivity index (χ0) is 19.3. The largest absolute Gasteiger partial charge is 0.479 e. The predicted octanol–water partition coefficient (Wildman–Crippen LogP) is 4.94. The second kappa shape index (κ2) is 8.26. The van der Waals surface area contributed by atoms with Gasteiger partial charge < -0.3 is 9.84 Å². The highest BCUT2D eigenvalue weighted by Crippen LogP contribution is 2.37. The molecule has 0 heterocycles. The molecule has 0 saturated carbocycles. The summed E-state index contributed by atoms with van der Waals surface area (Å²) in [5.41, 5.74) is -0.440. The quantitative estimate of drug-likeness (QED) is 0.745. The Kier molecular flexibility index (Phi) is 6.30. The van der Waals surface area contributed by atoms with E-state index in [0.29, 0.717) is 5.56 Å². The summed E-state index contributed by atoms with van der Waals surface area (Å²) < 4.78 is 44.8. The monoisotopic (exact) mass is 382 g/mol. The first-order valence-electron chi connectivity index (χ1n) is 7.46. The molecule has 0 radical (unpaired) electrons. The minimum Gasteiger partial charge on any atom is -0.479 e. The zero-order valence-corrected chi connectivity index (χ0v) is 14.3. The summed E-state index contributed by atoms with van der Waals surface area (Å²) in [6.07, 6.45) is -7.22. The average molecular weight is 383 g/mol. The van der Waals surface area contributed by atoms with Gasteiger partial charge in [-0.3, -0.25) is 0 Å². The molecule has 2 aromatic rings. The van der Waals surface area contributed by atoms with Gasteiger partial charge in [0.2, 0.25) is 6.10 Å². The molecule has 0 aliphatic heterocycles. The van der Waals surface area contributed by atoms with Gasteiger partial charge in [-0.15, -0.1) is 5.92 Å². The van der Waals surface area contributed by atoms with Gasteiger partial charge in [-0.1, -0.05) is 47.9 Å². The lowest BCUT2D eigenvalue weighted by atomic mass is 9.99. The molecule has 1 N–H and O–H groups in total. The second-order valence-electron chi connectivity index (χ2n) is 5.27.